The quantitative estimate of drug-likeness (QED) is 0.782. The molecule has 0 saturated carbocycles. The molecule has 0 radical (unpaired) electrons. The van der Waals surface area contributed by atoms with E-state index < -0.39 is 0 Å². The number of aryl methyl sites for hydroxylation is 2. The van der Waals surface area contributed by atoms with Crippen molar-refractivity contribution in [1.29, 1.82) is 0 Å². The smallest absolute Gasteiger partial charge is 0.319 e. The summed E-state index contributed by atoms with van der Waals surface area (Å²) in [6.07, 6.45) is 0. The van der Waals surface area contributed by atoms with Gasteiger partial charge < -0.3 is 10.6 Å². The van der Waals surface area contributed by atoms with Gasteiger partial charge in [-0.05, 0) is 49.2 Å². The Bertz CT molecular complexity index is 671. The summed E-state index contributed by atoms with van der Waals surface area (Å²) in [7, 11) is 0. The number of nitrogens with one attached hydrogen (secondary N) is 2. The molecule has 0 atom stereocenters. The first-order valence-electron chi connectivity index (χ1n) is 8.94. The first kappa shape index (κ1) is 19.0. The number of carbonyl (C=O) groups is 1. The maximum absolute atomic E-state index is 12.2. The van der Waals surface area contributed by atoms with E-state index in [0.717, 1.165) is 42.0 Å². The number of para-hydroxylation sites is 1. The van der Waals surface area contributed by atoms with Crippen LogP contribution >= 0.6 is 0 Å². The number of rotatable bonds is 7. The van der Waals surface area contributed by atoms with Gasteiger partial charge in [-0.1, -0.05) is 56.3 Å². The van der Waals surface area contributed by atoms with Gasteiger partial charge in [0.2, 0.25) is 0 Å². The van der Waals surface area contributed by atoms with Crippen LogP contribution in [-0.2, 0) is 13.1 Å². The van der Waals surface area contributed by atoms with Gasteiger partial charge in [0.25, 0.3) is 0 Å². The second-order valence-electron chi connectivity index (χ2n) is 6.35. The highest BCUT2D eigenvalue weighted by molar-refractivity contribution is 5.90. The number of hydrogen-bond acceptors (Lipinski definition) is 2. The van der Waals surface area contributed by atoms with Crippen molar-refractivity contribution in [3.05, 3.63) is 64.7 Å². The predicted octanol–water partition coefficient (Wildman–Crippen LogP) is 4.47. The first-order valence-corrected chi connectivity index (χ1v) is 8.94. The van der Waals surface area contributed by atoms with Gasteiger partial charge in [0, 0.05) is 18.8 Å². The Morgan fingerprint density at radius 2 is 1.48 bits per heavy atom. The van der Waals surface area contributed by atoms with Crippen molar-refractivity contribution in [2.75, 3.05) is 18.4 Å². The number of carbonyl (C=O) groups excluding carboxylic acids is 1. The molecule has 25 heavy (non-hydrogen) atoms. The Morgan fingerprint density at radius 3 is 2.04 bits per heavy atom. The third kappa shape index (κ3) is 5.61. The van der Waals surface area contributed by atoms with E-state index in [2.05, 4.69) is 53.6 Å². The van der Waals surface area contributed by atoms with E-state index in [4.69, 9.17) is 0 Å². The molecule has 0 aromatic heterocycles. The van der Waals surface area contributed by atoms with Gasteiger partial charge in [0.1, 0.15) is 0 Å². The van der Waals surface area contributed by atoms with Crippen molar-refractivity contribution in [3.8, 4) is 0 Å². The Kier molecular flexibility index (Phi) is 7.02. The minimum atomic E-state index is -0.176. The van der Waals surface area contributed by atoms with E-state index in [-0.39, 0.29) is 6.03 Å². The SMILES string of the molecule is CCN(CC)Cc1ccc(CNC(=O)Nc2c(C)cccc2C)cc1. The summed E-state index contributed by atoms with van der Waals surface area (Å²) in [5.74, 6) is 0. The molecule has 0 heterocycles. The Balaban J connectivity index is 1.87. The van der Waals surface area contributed by atoms with Crippen LogP contribution in [0.25, 0.3) is 0 Å². The fourth-order valence-corrected chi connectivity index (χ4v) is 2.82. The van der Waals surface area contributed by atoms with Crippen LogP contribution in [0.1, 0.15) is 36.1 Å². The zero-order valence-corrected chi connectivity index (χ0v) is 15.7. The average Bonchev–Trinajstić information content (AvgIpc) is 2.62. The molecule has 134 valence electrons. The van der Waals surface area contributed by atoms with E-state index in [0.29, 0.717) is 6.54 Å². The fourth-order valence-electron chi connectivity index (χ4n) is 2.82. The fraction of sp³-hybridized carbons (Fsp3) is 0.381. The van der Waals surface area contributed by atoms with Gasteiger partial charge in [-0.25, -0.2) is 4.79 Å². The van der Waals surface area contributed by atoms with E-state index in [1.54, 1.807) is 0 Å². The molecular formula is C21H29N3O. The molecule has 2 aromatic rings. The number of urea groups is 1. The lowest BCUT2D eigenvalue weighted by Gasteiger charge is -2.18. The lowest BCUT2D eigenvalue weighted by molar-refractivity contribution is 0.251. The molecule has 0 bridgehead atoms. The normalized spacial score (nSPS) is 10.8. The van der Waals surface area contributed by atoms with E-state index in [1.165, 1.54) is 5.56 Å². The van der Waals surface area contributed by atoms with Crippen LogP contribution in [0.5, 0.6) is 0 Å². The summed E-state index contributed by atoms with van der Waals surface area (Å²) >= 11 is 0. The molecule has 0 aliphatic carbocycles. The highest BCUT2D eigenvalue weighted by Gasteiger charge is 2.07. The predicted molar refractivity (Wildman–Crippen MR) is 105 cm³/mol. The standard InChI is InChI=1S/C21H29N3O/c1-5-24(6-2)15-19-12-10-18(11-13-19)14-22-21(25)23-20-16(3)8-7-9-17(20)4/h7-13H,5-6,14-15H2,1-4H3,(H2,22,23,25). The van der Waals surface area contributed by atoms with Crippen molar-refractivity contribution in [1.82, 2.24) is 10.2 Å². The summed E-state index contributed by atoms with van der Waals surface area (Å²) in [6.45, 7) is 11.9. The van der Waals surface area contributed by atoms with Crippen molar-refractivity contribution < 1.29 is 4.79 Å². The van der Waals surface area contributed by atoms with Crippen LogP contribution in [0.15, 0.2) is 42.5 Å². The van der Waals surface area contributed by atoms with Gasteiger partial charge in [-0.2, -0.15) is 0 Å². The highest BCUT2D eigenvalue weighted by Crippen LogP contribution is 2.19. The summed E-state index contributed by atoms with van der Waals surface area (Å²) in [4.78, 5) is 14.5. The topological polar surface area (TPSA) is 44.4 Å². The Morgan fingerprint density at radius 1 is 0.920 bits per heavy atom. The molecule has 0 fully saturated rings. The molecule has 0 saturated heterocycles. The molecule has 0 aliphatic rings. The third-order valence-electron chi connectivity index (χ3n) is 4.50. The summed E-state index contributed by atoms with van der Waals surface area (Å²) in [5, 5.41) is 5.87. The number of amides is 2. The molecule has 0 spiro atoms. The summed E-state index contributed by atoms with van der Waals surface area (Å²) in [5.41, 5.74) is 5.41. The zero-order valence-electron chi connectivity index (χ0n) is 15.7. The summed E-state index contributed by atoms with van der Waals surface area (Å²) in [6, 6.07) is 14.3. The number of anilines is 1. The third-order valence-corrected chi connectivity index (χ3v) is 4.50. The second kappa shape index (κ2) is 9.23. The van der Waals surface area contributed by atoms with Crippen LogP contribution < -0.4 is 10.6 Å². The maximum atomic E-state index is 12.2. The average molecular weight is 339 g/mol. The Hall–Kier alpha value is -2.33. The molecule has 2 rings (SSSR count). The van der Waals surface area contributed by atoms with Gasteiger partial charge in [0.15, 0.2) is 0 Å². The molecule has 2 aromatic carbocycles. The summed E-state index contributed by atoms with van der Waals surface area (Å²) < 4.78 is 0. The van der Waals surface area contributed by atoms with Crippen LogP contribution in [0.4, 0.5) is 10.5 Å². The molecule has 2 N–H and O–H groups in total. The number of hydrogen-bond donors (Lipinski definition) is 2. The second-order valence-corrected chi connectivity index (χ2v) is 6.35. The van der Waals surface area contributed by atoms with Crippen LogP contribution in [0, 0.1) is 13.8 Å². The minimum absolute atomic E-state index is 0.176. The van der Waals surface area contributed by atoms with Gasteiger partial charge in [-0.15, -0.1) is 0 Å². The molecule has 0 unspecified atom stereocenters. The highest BCUT2D eigenvalue weighted by atomic mass is 16.2. The van der Waals surface area contributed by atoms with E-state index >= 15 is 0 Å². The lowest BCUT2D eigenvalue weighted by Crippen LogP contribution is -2.28. The number of nitrogens with zero attached hydrogens (tertiary/aromatic N) is 1. The largest absolute Gasteiger partial charge is 0.334 e. The first-order chi connectivity index (χ1) is 12.0. The van der Waals surface area contributed by atoms with Crippen LogP contribution in [-0.4, -0.2) is 24.0 Å². The Labute approximate surface area is 151 Å². The van der Waals surface area contributed by atoms with Crippen molar-refractivity contribution >= 4 is 11.7 Å². The minimum Gasteiger partial charge on any atom is -0.334 e. The van der Waals surface area contributed by atoms with Crippen LogP contribution in [0.2, 0.25) is 0 Å². The van der Waals surface area contributed by atoms with Crippen LogP contribution in [0.3, 0.4) is 0 Å². The van der Waals surface area contributed by atoms with Gasteiger partial charge in [-0.3, -0.25) is 4.90 Å². The molecule has 2 amide bonds. The van der Waals surface area contributed by atoms with E-state index in [9.17, 15) is 4.79 Å². The van der Waals surface area contributed by atoms with Crippen molar-refractivity contribution in [3.63, 3.8) is 0 Å². The monoisotopic (exact) mass is 339 g/mol. The lowest BCUT2D eigenvalue weighted by atomic mass is 10.1. The molecule has 4 nitrogen and oxygen atoms in total. The van der Waals surface area contributed by atoms with E-state index in [1.807, 2.05) is 32.0 Å². The molecule has 4 heteroatoms. The maximum Gasteiger partial charge on any atom is 0.319 e. The molecular weight excluding hydrogens is 310 g/mol. The zero-order chi connectivity index (χ0) is 18.2. The van der Waals surface area contributed by atoms with Crippen molar-refractivity contribution in [2.45, 2.75) is 40.8 Å². The van der Waals surface area contributed by atoms with Crippen molar-refractivity contribution in [2.24, 2.45) is 0 Å². The number of benzene rings is 2. The molecule has 0 aliphatic heterocycles. The van der Waals surface area contributed by atoms with Gasteiger partial charge >= 0.3 is 6.03 Å². The van der Waals surface area contributed by atoms with Gasteiger partial charge in [0.05, 0.1) is 0 Å².